The lowest BCUT2D eigenvalue weighted by molar-refractivity contribution is -0.135. The lowest BCUT2D eigenvalue weighted by Gasteiger charge is -2.32. The van der Waals surface area contributed by atoms with Crippen molar-refractivity contribution in [2.45, 2.75) is 71.2 Å². The number of aromatic amines is 1. The number of hydrogen-bond donors (Lipinski definition) is 2. The molecular formula is C31H38BN5O5. The van der Waals surface area contributed by atoms with Crippen LogP contribution in [0, 0.1) is 23.2 Å². The molecule has 2 amide bonds. The summed E-state index contributed by atoms with van der Waals surface area (Å²) in [5.41, 5.74) is 1.91. The number of aromatic nitrogens is 2. The first-order chi connectivity index (χ1) is 19.8. The lowest BCUT2D eigenvalue weighted by atomic mass is 9.78. The van der Waals surface area contributed by atoms with Gasteiger partial charge in [0.25, 0.3) is 0 Å². The van der Waals surface area contributed by atoms with Crippen molar-refractivity contribution in [2.75, 3.05) is 13.7 Å². The summed E-state index contributed by atoms with van der Waals surface area (Å²) in [6, 6.07) is 13.5. The van der Waals surface area contributed by atoms with Gasteiger partial charge in [-0.2, -0.15) is 5.26 Å². The normalized spacial score (nSPS) is 21.9. The molecule has 3 aromatic rings. The van der Waals surface area contributed by atoms with Crippen molar-refractivity contribution in [3.63, 3.8) is 0 Å². The summed E-state index contributed by atoms with van der Waals surface area (Å²) in [5.74, 6) is -0.168. The van der Waals surface area contributed by atoms with Gasteiger partial charge in [-0.3, -0.25) is 4.79 Å². The molecule has 2 saturated heterocycles. The number of ether oxygens (including phenoxy) is 1. The van der Waals surface area contributed by atoms with Crippen LogP contribution in [0.1, 0.15) is 59.8 Å². The summed E-state index contributed by atoms with van der Waals surface area (Å²) in [7, 11) is 0.832. The number of likely N-dealkylation sites (tertiary alicyclic amines) is 1. The van der Waals surface area contributed by atoms with Crippen LogP contribution in [0.3, 0.4) is 0 Å². The second-order valence-corrected chi connectivity index (χ2v) is 12.5. The predicted molar refractivity (Wildman–Crippen MR) is 160 cm³/mol. The maximum absolute atomic E-state index is 13.6. The first kappa shape index (κ1) is 29.6. The van der Waals surface area contributed by atoms with Gasteiger partial charge in [-0.25, -0.2) is 9.78 Å². The van der Waals surface area contributed by atoms with Crippen LogP contribution in [0.15, 0.2) is 42.6 Å². The molecule has 10 nitrogen and oxygen atoms in total. The molecule has 0 spiro atoms. The molecule has 220 valence electrons. The molecule has 2 aliphatic heterocycles. The van der Waals surface area contributed by atoms with Gasteiger partial charge >= 0.3 is 13.2 Å². The first-order valence-electron chi connectivity index (χ1n) is 14.3. The molecule has 3 heterocycles. The topological polar surface area (TPSA) is 130 Å². The van der Waals surface area contributed by atoms with E-state index >= 15 is 0 Å². The van der Waals surface area contributed by atoms with Crippen molar-refractivity contribution >= 4 is 35.4 Å². The summed E-state index contributed by atoms with van der Waals surface area (Å²) in [6.07, 6.45) is 1.54. The molecule has 2 aliphatic rings. The van der Waals surface area contributed by atoms with Crippen molar-refractivity contribution < 1.29 is 23.6 Å². The average molecular weight is 571 g/mol. The zero-order chi connectivity index (χ0) is 30.4. The van der Waals surface area contributed by atoms with Gasteiger partial charge in [-0.15, -0.1) is 0 Å². The number of imidazole rings is 1. The van der Waals surface area contributed by atoms with Crippen molar-refractivity contribution in [1.29, 1.82) is 5.26 Å². The second kappa shape index (κ2) is 11.1. The minimum atomic E-state index is -0.783. The molecule has 3 atom stereocenters. The van der Waals surface area contributed by atoms with E-state index in [0.717, 1.165) is 27.5 Å². The van der Waals surface area contributed by atoms with Crippen molar-refractivity contribution in [3.8, 4) is 17.3 Å². The van der Waals surface area contributed by atoms with Crippen LogP contribution >= 0.6 is 0 Å². The van der Waals surface area contributed by atoms with Gasteiger partial charge in [0.1, 0.15) is 11.9 Å². The minimum Gasteiger partial charge on any atom is -0.453 e. The highest BCUT2D eigenvalue weighted by Crippen LogP contribution is 2.38. The number of H-pyrrole nitrogens is 1. The Hall–Kier alpha value is -3.88. The van der Waals surface area contributed by atoms with Crippen LogP contribution in [-0.2, 0) is 18.8 Å². The number of hydrogen-bond acceptors (Lipinski definition) is 7. The molecule has 0 bridgehead atoms. The molecule has 0 aliphatic carbocycles. The maximum atomic E-state index is 13.6. The minimum absolute atomic E-state index is 0.173. The number of alkyl carbamates (subject to hydrolysis) is 1. The molecule has 2 fully saturated rings. The molecule has 1 aromatic heterocycles. The van der Waals surface area contributed by atoms with E-state index in [1.165, 1.54) is 7.11 Å². The van der Waals surface area contributed by atoms with E-state index in [-0.39, 0.29) is 24.3 Å². The Morgan fingerprint density at radius 3 is 2.45 bits per heavy atom. The summed E-state index contributed by atoms with van der Waals surface area (Å²) < 4.78 is 17.2. The largest absolute Gasteiger partial charge is 0.494 e. The molecule has 0 saturated carbocycles. The van der Waals surface area contributed by atoms with Gasteiger partial charge in [0.15, 0.2) is 0 Å². The quantitative estimate of drug-likeness (QED) is 0.422. The van der Waals surface area contributed by atoms with Crippen LogP contribution in [0.5, 0.6) is 0 Å². The van der Waals surface area contributed by atoms with E-state index in [1.807, 2.05) is 53.7 Å². The number of methoxy groups -OCH3 is 1. The monoisotopic (exact) mass is 571 g/mol. The second-order valence-electron chi connectivity index (χ2n) is 12.5. The van der Waals surface area contributed by atoms with E-state index < -0.39 is 36.5 Å². The van der Waals surface area contributed by atoms with Gasteiger partial charge in [-0.1, -0.05) is 44.2 Å². The van der Waals surface area contributed by atoms with Gasteiger partial charge in [-0.05, 0) is 62.3 Å². The Morgan fingerprint density at radius 1 is 1.14 bits per heavy atom. The fourth-order valence-electron chi connectivity index (χ4n) is 5.52. The molecule has 5 rings (SSSR count). The number of nitriles is 1. The highest BCUT2D eigenvalue weighted by molar-refractivity contribution is 6.62. The number of amides is 2. The summed E-state index contributed by atoms with van der Waals surface area (Å²) in [4.78, 5) is 35.2. The highest BCUT2D eigenvalue weighted by Gasteiger charge is 2.51. The number of nitrogens with zero attached hydrogens (tertiary/aromatic N) is 3. The number of carbonyl (C=O) groups is 2. The smallest absolute Gasteiger partial charge is 0.453 e. The lowest BCUT2D eigenvalue weighted by Crippen LogP contribution is -2.51. The van der Waals surface area contributed by atoms with Crippen LogP contribution in [0.25, 0.3) is 22.0 Å². The zero-order valence-electron chi connectivity index (χ0n) is 25.2. The number of benzene rings is 2. The molecule has 42 heavy (non-hydrogen) atoms. The third-order valence-corrected chi connectivity index (χ3v) is 8.77. The maximum Gasteiger partial charge on any atom is 0.494 e. The van der Waals surface area contributed by atoms with E-state index in [9.17, 15) is 14.9 Å². The first-order valence-corrected chi connectivity index (χ1v) is 14.3. The number of rotatable bonds is 6. The van der Waals surface area contributed by atoms with Crippen LogP contribution < -0.4 is 10.8 Å². The SMILES string of the molecule is COC(=O)NC(C(=O)N1CC(C#N)CC1c1ncc(-c2ccc3cc(B4OC(C)(C)C(C)(C)O4)ccc3c2)[nH]1)C(C)C. The molecular weight excluding hydrogens is 533 g/mol. The van der Waals surface area contributed by atoms with Gasteiger partial charge in [0.05, 0.1) is 48.2 Å². The standard InChI is InChI=1S/C31H38BN5O5/c1-18(2)26(36-29(39)40-7)28(38)37-17-19(15-33)12-25(37)27-34-16-24(35-27)22-9-8-21-14-23(11-10-20(21)13-22)32-41-30(3,4)31(5,6)42-32/h8-11,13-14,16,18-19,25-26H,12,17H2,1-7H3,(H,34,35)(H,36,39). The van der Waals surface area contributed by atoms with Crippen LogP contribution in [0.4, 0.5) is 4.79 Å². The number of nitrogens with one attached hydrogen (secondary N) is 2. The Bertz CT molecular complexity index is 1530. The highest BCUT2D eigenvalue weighted by atomic mass is 16.7. The van der Waals surface area contributed by atoms with Crippen molar-refractivity contribution in [3.05, 3.63) is 48.4 Å². The Morgan fingerprint density at radius 2 is 1.81 bits per heavy atom. The molecule has 0 radical (unpaired) electrons. The third-order valence-electron chi connectivity index (χ3n) is 8.77. The van der Waals surface area contributed by atoms with Crippen LogP contribution in [0.2, 0.25) is 0 Å². The van der Waals surface area contributed by atoms with Crippen LogP contribution in [-0.4, -0.2) is 64.9 Å². The molecule has 2 aromatic carbocycles. The van der Waals surface area contributed by atoms with Crippen molar-refractivity contribution in [2.24, 2.45) is 11.8 Å². The average Bonchev–Trinajstić information content (AvgIpc) is 3.66. The molecule has 3 unspecified atom stereocenters. The predicted octanol–water partition coefficient (Wildman–Crippen LogP) is 4.32. The summed E-state index contributed by atoms with van der Waals surface area (Å²) in [6.45, 7) is 12.2. The summed E-state index contributed by atoms with van der Waals surface area (Å²) in [5, 5.41) is 14.4. The van der Waals surface area contributed by atoms with E-state index in [1.54, 1.807) is 11.1 Å². The fourth-order valence-corrected chi connectivity index (χ4v) is 5.52. The number of carbonyl (C=O) groups excluding carboxylic acids is 2. The Kier molecular flexibility index (Phi) is 7.81. The van der Waals surface area contributed by atoms with Gasteiger partial charge in [0, 0.05) is 12.1 Å². The summed E-state index contributed by atoms with van der Waals surface area (Å²) >= 11 is 0. The Balaban J connectivity index is 1.38. The number of fused-ring (bicyclic) bond motifs is 1. The van der Waals surface area contributed by atoms with Gasteiger partial charge in [0.2, 0.25) is 5.91 Å². The van der Waals surface area contributed by atoms with Crippen molar-refractivity contribution in [1.82, 2.24) is 20.2 Å². The molecule has 11 heteroatoms. The fraction of sp³-hybridized carbons (Fsp3) is 0.484. The molecule has 2 N–H and O–H groups in total. The zero-order valence-corrected chi connectivity index (χ0v) is 25.2. The Labute approximate surface area is 246 Å². The van der Waals surface area contributed by atoms with E-state index in [0.29, 0.717) is 12.2 Å². The third kappa shape index (κ3) is 5.49. The van der Waals surface area contributed by atoms with Gasteiger partial charge < -0.3 is 29.2 Å². The van der Waals surface area contributed by atoms with E-state index in [2.05, 4.69) is 45.6 Å². The van der Waals surface area contributed by atoms with E-state index in [4.69, 9.17) is 14.0 Å².